The summed E-state index contributed by atoms with van der Waals surface area (Å²) in [4.78, 5) is 13.6. The van der Waals surface area contributed by atoms with Gasteiger partial charge in [0.1, 0.15) is 5.78 Å². The molecule has 3 N–H and O–H groups in total. The predicted molar refractivity (Wildman–Crippen MR) is 127 cm³/mol. The first-order valence-electron chi connectivity index (χ1n) is 13.1. The van der Waals surface area contributed by atoms with E-state index >= 15 is 0 Å². The minimum atomic E-state index is -1.18. The van der Waals surface area contributed by atoms with E-state index in [1.165, 1.54) is 0 Å². The smallest absolute Gasteiger partial charge is 0.142 e. The molecule has 32 heavy (non-hydrogen) atoms. The lowest BCUT2D eigenvalue weighted by Crippen LogP contribution is -2.74. The Morgan fingerprint density at radius 1 is 0.906 bits per heavy atom. The van der Waals surface area contributed by atoms with Gasteiger partial charge in [-0.3, -0.25) is 4.79 Å². The van der Waals surface area contributed by atoms with Gasteiger partial charge in [0.2, 0.25) is 0 Å². The van der Waals surface area contributed by atoms with Crippen LogP contribution in [0.15, 0.2) is 12.2 Å². The molecule has 0 spiro atoms. The van der Waals surface area contributed by atoms with Crippen molar-refractivity contribution in [3.63, 3.8) is 0 Å². The fourth-order valence-electron chi connectivity index (χ4n) is 8.48. The monoisotopic (exact) mass is 446 g/mol. The highest BCUT2D eigenvalue weighted by Crippen LogP contribution is 2.70. The predicted octanol–water partition coefficient (Wildman–Crippen LogP) is 4.90. The quantitative estimate of drug-likeness (QED) is 0.537. The highest BCUT2D eigenvalue weighted by Gasteiger charge is 2.75. The van der Waals surface area contributed by atoms with E-state index in [-0.39, 0.29) is 23.2 Å². The van der Waals surface area contributed by atoms with Gasteiger partial charge in [-0.05, 0) is 74.5 Å². The van der Waals surface area contributed by atoms with Gasteiger partial charge in [-0.15, -0.1) is 0 Å². The second-order valence-electron chi connectivity index (χ2n) is 12.9. The molecule has 4 nitrogen and oxygen atoms in total. The fraction of sp³-hybridized carbons (Fsp3) is 0.893. The molecule has 4 aliphatic rings. The molecule has 0 aromatic rings. The molecule has 0 aromatic heterocycles. The fourth-order valence-corrected chi connectivity index (χ4v) is 8.48. The summed E-state index contributed by atoms with van der Waals surface area (Å²) in [6.07, 6.45) is 9.44. The Labute approximate surface area is 194 Å². The summed E-state index contributed by atoms with van der Waals surface area (Å²) in [5.41, 5.74) is -3.13. The van der Waals surface area contributed by atoms with E-state index in [2.05, 4.69) is 53.7 Å². The first-order chi connectivity index (χ1) is 14.8. The minimum absolute atomic E-state index is 0.00420. The van der Waals surface area contributed by atoms with Crippen LogP contribution in [0.4, 0.5) is 0 Å². The van der Waals surface area contributed by atoms with Crippen molar-refractivity contribution in [1.29, 1.82) is 0 Å². The second kappa shape index (κ2) is 7.92. The van der Waals surface area contributed by atoms with Crippen LogP contribution in [0.25, 0.3) is 0 Å². The number of ketones is 1. The van der Waals surface area contributed by atoms with Crippen LogP contribution in [0.3, 0.4) is 0 Å². The summed E-state index contributed by atoms with van der Waals surface area (Å²) in [7, 11) is 0. The van der Waals surface area contributed by atoms with E-state index < -0.39 is 22.5 Å². The van der Waals surface area contributed by atoms with E-state index in [9.17, 15) is 20.1 Å². The maximum atomic E-state index is 13.6. The largest absolute Gasteiger partial charge is 0.393 e. The number of fused-ring (bicyclic) bond motifs is 5. The number of allylic oxidation sites excluding steroid dienone is 2. The number of hydrogen-bond acceptors (Lipinski definition) is 4. The molecule has 182 valence electrons. The molecule has 10 atom stereocenters. The van der Waals surface area contributed by atoms with Gasteiger partial charge in [-0.1, -0.05) is 53.7 Å². The third-order valence-electron chi connectivity index (χ3n) is 11.2. The first kappa shape index (κ1) is 24.4. The van der Waals surface area contributed by atoms with Gasteiger partial charge in [0.25, 0.3) is 0 Å². The zero-order chi connectivity index (χ0) is 23.7. The van der Waals surface area contributed by atoms with Gasteiger partial charge in [-0.25, -0.2) is 0 Å². The molecule has 4 saturated carbocycles. The van der Waals surface area contributed by atoms with Crippen LogP contribution in [0.1, 0.15) is 92.9 Å². The lowest BCUT2D eigenvalue weighted by atomic mass is 9.40. The van der Waals surface area contributed by atoms with Crippen molar-refractivity contribution in [2.24, 2.45) is 46.3 Å². The van der Waals surface area contributed by atoms with Crippen LogP contribution < -0.4 is 0 Å². The molecule has 4 rings (SSSR count). The second-order valence-corrected chi connectivity index (χ2v) is 12.9. The van der Waals surface area contributed by atoms with Crippen molar-refractivity contribution in [3.8, 4) is 0 Å². The van der Waals surface area contributed by atoms with E-state index in [4.69, 9.17) is 0 Å². The van der Waals surface area contributed by atoms with Crippen molar-refractivity contribution in [3.05, 3.63) is 12.2 Å². The number of aliphatic hydroxyl groups excluding tert-OH is 1. The Morgan fingerprint density at radius 2 is 1.56 bits per heavy atom. The Bertz CT molecular complexity index is 775. The number of carbonyl (C=O) groups is 1. The Balaban J connectivity index is 1.66. The molecule has 0 saturated heterocycles. The summed E-state index contributed by atoms with van der Waals surface area (Å²) in [5.74, 6) is 1.06. The molecule has 0 radical (unpaired) electrons. The number of rotatable bonds is 4. The standard InChI is InChI=1S/C28H46O4/c1-17(2)18(3)7-8-19(4)22-10-12-27(31)24-23(30)16-20-15-21(29)9-11-25(20,5)28(24,32)14-13-26(22,27)6/h7-8,17-22,24,29,31-32H,9-16H2,1-6H3. The third-order valence-corrected chi connectivity index (χ3v) is 11.2. The van der Waals surface area contributed by atoms with Crippen molar-refractivity contribution in [1.82, 2.24) is 0 Å². The molecule has 0 aliphatic heterocycles. The first-order valence-corrected chi connectivity index (χ1v) is 13.1. The maximum Gasteiger partial charge on any atom is 0.142 e. The summed E-state index contributed by atoms with van der Waals surface area (Å²) in [6, 6.07) is 0. The molecule has 4 aliphatic carbocycles. The molecule has 4 heteroatoms. The Kier molecular flexibility index (Phi) is 6.04. The van der Waals surface area contributed by atoms with Gasteiger partial charge < -0.3 is 15.3 Å². The normalized spacial score (nSPS) is 50.8. The van der Waals surface area contributed by atoms with Crippen LogP contribution in [0.5, 0.6) is 0 Å². The highest BCUT2D eigenvalue weighted by molar-refractivity contribution is 5.86. The van der Waals surface area contributed by atoms with Gasteiger partial charge >= 0.3 is 0 Å². The number of carbonyl (C=O) groups excluding carboxylic acids is 1. The minimum Gasteiger partial charge on any atom is -0.393 e. The van der Waals surface area contributed by atoms with E-state index in [1.807, 2.05) is 0 Å². The average Bonchev–Trinajstić information content (AvgIpc) is 2.99. The van der Waals surface area contributed by atoms with Crippen LogP contribution in [0.2, 0.25) is 0 Å². The molecule has 0 bridgehead atoms. The molecule has 0 heterocycles. The molecule has 4 fully saturated rings. The zero-order valence-corrected chi connectivity index (χ0v) is 21.1. The van der Waals surface area contributed by atoms with Crippen molar-refractivity contribution in [2.75, 3.05) is 0 Å². The molecule has 0 aromatic carbocycles. The Hall–Kier alpha value is -0.710. The number of hydrogen-bond donors (Lipinski definition) is 3. The molecular formula is C28H46O4. The van der Waals surface area contributed by atoms with Crippen molar-refractivity contribution < 1.29 is 20.1 Å². The van der Waals surface area contributed by atoms with Gasteiger partial charge in [0.15, 0.2) is 0 Å². The zero-order valence-electron chi connectivity index (χ0n) is 21.1. The van der Waals surface area contributed by atoms with Crippen LogP contribution in [-0.2, 0) is 4.79 Å². The SMILES string of the molecule is CC(C)C(C)C=CC(C)C1CCC2(O)C3C(=O)CC4CC(O)CCC4(C)C3(O)CCC12C. The Morgan fingerprint density at radius 3 is 2.22 bits per heavy atom. The summed E-state index contributed by atoms with van der Waals surface area (Å²) >= 11 is 0. The van der Waals surface area contributed by atoms with E-state index in [1.54, 1.807) is 0 Å². The molecule has 10 unspecified atom stereocenters. The van der Waals surface area contributed by atoms with Crippen LogP contribution >= 0.6 is 0 Å². The summed E-state index contributed by atoms with van der Waals surface area (Å²) < 4.78 is 0. The van der Waals surface area contributed by atoms with E-state index in [0.29, 0.717) is 55.8 Å². The number of Topliss-reactive ketones (excluding diaryl/α,β-unsaturated/α-hetero) is 1. The van der Waals surface area contributed by atoms with Gasteiger partial charge in [-0.2, -0.15) is 0 Å². The summed E-state index contributed by atoms with van der Waals surface area (Å²) in [5, 5.41) is 34.7. The molecule has 0 amide bonds. The maximum absolute atomic E-state index is 13.6. The lowest BCUT2D eigenvalue weighted by Gasteiger charge is -2.66. The lowest BCUT2D eigenvalue weighted by molar-refractivity contribution is -0.274. The summed E-state index contributed by atoms with van der Waals surface area (Å²) in [6.45, 7) is 13.3. The number of aliphatic hydroxyl groups is 3. The molecular weight excluding hydrogens is 400 g/mol. The van der Waals surface area contributed by atoms with Crippen molar-refractivity contribution >= 4 is 5.78 Å². The van der Waals surface area contributed by atoms with Gasteiger partial charge in [0, 0.05) is 17.3 Å². The third kappa shape index (κ3) is 3.22. The van der Waals surface area contributed by atoms with Crippen LogP contribution in [0, 0.1) is 46.3 Å². The average molecular weight is 447 g/mol. The van der Waals surface area contributed by atoms with E-state index in [0.717, 1.165) is 19.3 Å². The van der Waals surface area contributed by atoms with Gasteiger partial charge in [0.05, 0.1) is 23.2 Å². The topological polar surface area (TPSA) is 77.8 Å². The highest BCUT2D eigenvalue weighted by atomic mass is 16.3. The van der Waals surface area contributed by atoms with Crippen LogP contribution in [-0.4, -0.2) is 38.4 Å². The van der Waals surface area contributed by atoms with Crippen molar-refractivity contribution in [2.45, 2.75) is 110 Å².